The minimum atomic E-state index is 0.0544. The Bertz CT molecular complexity index is 1190. The van der Waals surface area contributed by atoms with Gasteiger partial charge in [-0.3, -0.25) is 14.7 Å². The molecule has 0 N–H and O–H groups in total. The van der Waals surface area contributed by atoms with Crippen molar-refractivity contribution in [2.75, 3.05) is 10.7 Å². The first-order valence-corrected chi connectivity index (χ1v) is 12.1. The standard InChI is InChI=1S/C24H22ClN3OS2/c1-16-12-17(2)23-21(13-16)27-24(31-23)28(15-18-4-3-10-26-14-18)22(29)9-11-30-20-7-5-19(25)6-8-20/h3-8,10,12-14H,9,11,15H2,1-2H3. The summed E-state index contributed by atoms with van der Waals surface area (Å²) in [5.41, 5.74) is 4.28. The van der Waals surface area contributed by atoms with Gasteiger partial charge in [0.25, 0.3) is 0 Å². The molecule has 2 heterocycles. The van der Waals surface area contributed by atoms with Gasteiger partial charge in [0.1, 0.15) is 0 Å². The molecule has 1 amide bonds. The van der Waals surface area contributed by atoms with Gasteiger partial charge < -0.3 is 0 Å². The average Bonchev–Trinajstić information content (AvgIpc) is 3.18. The monoisotopic (exact) mass is 467 g/mol. The molecule has 0 fully saturated rings. The van der Waals surface area contributed by atoms with Crippen LogP contribution < -0.4 is 4.90 Å². The van der Waals surface area contributed by atoms with Gasteiger partial charge >= 0.3 is 0 Å². The molecule has 31 heavy (non-hydrogen) atoms. The third-order valence-corrected chi connectivity index (χ3v) is 7.30. The number of pyridine rings is 1. The van der Waals surface area contributed by atoms with E-state index in [1.54, 1.807) is 40.4 Å². The van der Waals surface area contributed by atoms with Crippen molar-refractivity contribution in [2.24, 2.45) is 0 Å². The molecule has 158 valence electrons. The topological polar surface area (TPSA) is 46.1 Å². The molecule has 0 aliphatic carbocycles. The lowest BCUT2D eigenvalue weighted by atomic mass is 10.1. The van der Waals surface area contributed by atoms with Crippen LogP contribution in [0.1, 0.15) is 23.1 Å². The van der Waals surface area contributed by atoms with Crippen LogP contribution in [0.3, 0.4) is 0 Å². The van der Waals surface area contributed by atoms with Gasteiger partial charge in [-0.25, -0.2) is 4.98 Å². The van der Waals surface area contributed by atoms with Crippen LogP contribution in [-0.4, -0.2) is 21.6 Å². The normalized spacial score (nSPS) is 11.1. The van der Waals surface area contributed by atoms with E-state index in [2.05, 4.69) is 31.0 Å². The number of amides is 1. The molecule has 2 aromatic carbocycles. The van der Waals surface area contributed by atoms with E-state index < -0.39 is 0 Å². The number of nitrogens with zero attached hydrogens (tertiary/aromatic N) is 3. The Morgan fingerprint density at radius 2 is 1.97 bits per heavy atom. The van der Waals surface area contributed by atoms with Gasteiger partial charge in [-0.1, -0.05) is 35.1 Å². The fourth-order valence-corrected chi connectivity index (χ4v) is 5.34. The van der Waals surface area contributed by atoms with E-state index in [0.717, 1.165) is 25.8 Å². The van der Waals surface area contributed by atoms with Crippen molar-refractivity contribution in [2.45, 2.75) is 31.7 Å². The van der Waals surface area contributed by atoms with Crippen LogP contribution in [0.2, 0.25) is 5.02 Å². The van der Waals surface area contributed by atoms with E-state index >= 15 is 0 Å². The highest BCUT2D eigenvalue weighted by Crippen LogP contribution is 2.33. The number of fused-ring (bicyclic) bond motifs is 1. The molecule has 7 heteroatoms. The zero-order chi connectivity index (χ0) is 21.8. The maximum atomic E-state index is 13.3. The molecule has 0 saturated carbocycles. The molecule has 0 radical (unpaired) electrons. The largest absolute Gasteiger partial charge is 0.284 e. The van der Waals surface area contributed by atoms with Gasteiger partial charge in [-0.15, -0.1) is 11.8 Å². The molecule has 0 aliphatic rings. The molecule has 0 spiro atoms. The lowest BCUT2D eigenvalue weighted by molar-refractivity contribution is -0.118. The summed E-state index contributed by atoms with van der Waals surface area (Å²) in [6, 6.07) is 15.8. The van der Waals surface area contributed by atoms with E-state index in [0.29, 0.717) is 23.7 Å². The first-order chi connectivity index (χ1) is 15.0. The van der Waals surface area contributed by atoms with Crippen molar-refractivity contribution in [1.82, 2.24) is 9.97 Å². The van der Waals surface area contributed by atoms with Crippen molar-refractivity contribution in [1.29, 1.82) is 0 Å². The number of halogens is 1. The second kappa shape index (κ2) is 9.81. The van der Waals surface area contributed by atoms with Gasteiger partial charge in [0.2, 0.25) is 5.91 Å². The molecular formula is C24H22ClN3OS2. The summed E-state index contributed by atoms with van der Waals surface area (Å²) in [6.45, 7) is 4.61. The van der Waals surface area contributed by atoms with Crippen LogP contribution in [-0.2, 0) is 11.3 Å². The van der Waals surface area contributed by atoms with Crippen LogP contribution in [0.4, 0.5) is 5.13 Å². The first-order valence-electron chi connectivity index (χ1n) is 9.95. The molecular weight excluding hydrogens is 446 g/mol. The van der Waals surface area contributed by atoms with E-state index in [1.807, 2.05) is 36.4 Å². The van der Waals surface area contributed by atoms with Crippen molar-refractivity contribution in [3.8, 4) is 0 Å². The van der Waals surface area contributed by atoms with Crippen molar-refractivity contribution >= 4 is 56.0 Å². The SMILES string of the molecule is Cc1cc(C)c2sc(N(Cc3cccnc3)C(=O)CCSc3ccc(Cl)cc3)nc2c1. The van der Waals surface area contributed by atoms with Gasteiger partial charge in [0, 0.05) is 34.5 Å². The molecule has 0 unspecified atom stereocenters. The number of carbonyl (C=O) groups excluding carboxylic acids is 1. The van der Waals surface area contributed by atoms with Gasteiger partial charge in [0.15, 0.2) is 5.13 Å². The number of aromatic nitrogens is 2. The predicted molar refractivity (Wildman–Crippen MR) is 131 cm³/mol. The summed E-state index contributed by atoms with van der Waals surface area (Å²) in [5.74, 6) is 0.742. The maximum absolute atomic E-state index is 13.3. The predicted octanol–water partition coefficient (Wildman–Crippen LogP) is 6.68. The Hall–Kier alpha value is -2.41. The highest BCUT2D eigenvalue weighted by atomic mass is 35.5. The second-order valence-corrected chi connectivity index (χ2v) is 9.90. The van der Waals surface area contributed by atoms with Crippen molar-refractivity contribution < 1.29 is 4.79 Å². The number of carbonyl (C=O) groups is 1. The second-order valence-electron chi connectivity index (χ2n) is 7.32. The number of hydrogen-bond donors (Lipinski definition) is 0. The number of thiazole rings is 1. The summed E-state index contributed by atoms with van der Waals surface area (Å²) < 4.78 is 1.13. The molecule has 2 aromatic heterocycles. The fraction of sp³-hybridized carbons (Fsp3) is 0.208. The highest BCUT2D eigenvalue weighted by Gasteiger charge is 2.21. The Morgan fingerprint density at radius 3 is 2.71 bits per heavy atom. The minimum Gasteiger partial charge on any atom is -0.284 e. The Morgan fingerprint density at radius 1 is 1.16 bits per heavy atom. The summed E-state index contributed by atoms with van der Waals surface area (Å²) in [6.07, 6.45) is 3.95. The molecule has 4 aromatic rings. The number of thioether (sulfide) groups is 1. The van der Waals surface area contributed by atoms with Crippen molar-refractivity contribution in [3.05, 3.63) is 82.6 Å². The highest BCUT2D eigenvalue weighted by molar-refractivity contribution is 7.99. The molecule has 0 atom stereocenters. The van der Waals surface area contributed by atoms with Crippen LogP contribution >= 0.6 is 34.7 Å². The molecule has 0 saturated heterocycles. The van der Waals surface area contributed by atoms with Crippen LogP contribution in [0, 0.1) is 13.8 Å². The van der Waals surface area contributed by atoms with Gasteiger partial charge in [-0.2, -0.15) is 0 Å². The molecule has 0 bridgehead atoms. The molecule has 4 rings (SSSR count). The van der Waals surface area contributed by atoms with Crippen LogP contribution in [0.25, 0.3) is 10.2 Å². The van der Waals surface area contributed by atoms with E-state index in [1.165, 1.54) is 11.1 Å². The third-order valence-electron chi connectivity index (χ3n) is 4.80. The smallest absolute Gasteiger partial charge is 0.229 e. The van der Waals surface area contributed by atoms with Crippen LogP contribution in [0.15, 0.2) is 65.8 Å². The summed E-state index contributed by atoms with van der Waals surface area (Å²) in [5, 5.41) is 1.44. The number of benzene rings is 2. The van der Waals surface area contributed by atoms with Gasteiger partial charge in [0.05, 0.1) is 16.8 Å². The minimum absolute atomic E-state index is 0.0544. The summed E-state index contributed by atoms with van der Waals surface area (Å²) in [7, 11) is 0. The average molecular weight is 468 g/mol. The number of anilines is 1. The number of hydrogen-bond acceptors (Lipinski definition) is 5. The van der Waals surface area contributed by atoms with Crippen LogP contribution in [0.5, 0.6) is 0 Å². The van der Waals surface area contributed by atoms with E-state index in [-0.39, 0.29) is 5.91 Å². The fourth-order valence-electron chi connectivity index (χ4n) is 3.34. The van der Waals surface area contributed by atoms with Crippen molar-refractivity contribution in [3.63, 3.8) is 0 Å². The van der Waals surface area contributed by atoms with E-state index in [4.69, 9.17) is 16.6 Å². The summed E-state index contributed by atoms with van der Waals surface area (Å²) >= 11 is 9.18. The number of aryl methyl sites for hydroxylation is 2. The summed E-state index contributed by atoms with van der Waals surface area (Å²) in [4.78, 5) is 25.2. The van der Waals surface area contributed by atoms with Gasteiger partial charge in [-0.05, 0) is 66.9 Å². The Labute approximate surface area is 195 Å². The van der Waals surface area contributed by atoms with E-state index in [9.17, 15) is 4.79 Å². The maximum Gasteiger partial charge on any atom is 0.229 e. The molecule has 0 aliphatic heterocycles. The molecule has 4 nitrogen and oxygen atoms in total. The third kappa shape index (κ3) is 5.45. The lowest BCUT2D eigenvalue weighted by Crippen LogP contribution is -2.30. The zero-order valence-corrected chi connectivity index (χ0v) is 19.7. The zero-order valence-electron chi connectivity index (χ0n) is 17.3. The Kier molecular flexibility index (Phi) is 6.90. The Balaban J connectivity index is 1.55. The quantitative estimate of drug-likeness (QED) is 0.284. The lowest BCUT2D eigenvalue weighted by Gasteiger charge is -2.20. The first kappa shape index (κ1) is 21.8. The number of rotatable bonds is 7.